The highest BCUT2D eigenvalue weighted by atomic mass is 16.5. The molecular formula is C13H20N2O2. The van der Waals surface area contributed by atoms with Gasteiger partial charge in [-0.05, 0) is 18.6 Å². The molecule has 0 atom stereocenters. The number of nitrogens with one attached hydrogen (secondary N) is 2. The number of hydrogen-bond donors (Lipinski definition) is 2. The van der Waals surface area contributed by atoms with Gasteiger partial charge >= 0.3 is 0 Å². The van der Waals surface area contributed by atoms with Crippen LogP contribution in [-0.2, 0) is 4.74 Å². The molecule has 0 aromatic heterocycles. The van der Waals surface area contributed by atoms with E-state index >= 15 is 0 Å². The van der Waals surface area contributed by atoms with Crippen LogP contribution in [0.3, 0.4) is 0 Å². The van der Waals surface area contributed by atoms with Gasteiger partial charge in [-0.1, -0.05) is 18.2 Å². The van der Waals surface area contributed by atoms with Crippen LogP contribution in [0.15, 0.2) is 24.3 Å². The minimum atomic E-state index is -0.0170. The Balaban J connectivity index is 2.24. The van der Waals surface area contributed by atoms with Crippen molar-refractivity contribution in [1.29, 1.82) is 0 Å². The average Bonchev–Trinajstić information content (AvgIpc) is 2.34. The average molecular weight is 236 g/mol. The highest BCUT2D eigenvalue weighted by molar-refractivity contribution is 5.95. The van der Waals surface area contributed by atoms with Crippen LogP contribution in [0.4, 0.5) is 0 Å². The van der Waals surface area contributed by atoms with Crippen LogP contribution in [0.25, 0.3) is 0 Å². The lowest BCUT2D eigenvalue weighted by molar-refractivity contribution is 0.0953. The maximum absolute atomic E-state index is 11.8. The van der Waals surface area contributed by atoms with Crippen molar-refractivity contribution in [2.45, 2.75) is 6.92 Å². The first-order valence-corrected chi connectivity index (χ1v) is 5.79. The number of carbonyl (C=O) groups is 1. The van der Waals surface area contributed by atoms with Crippen LogP contribution in [0.1, 0.15) is 15.9 Å². The minimum Gasteiger partial charge on any atom is -0.383 e. The lowest BCUT2D eigenvalue weighted by Crippen LogP contribution is -2.33. The Labute approximate surface area is 102 Å². The maximum atomic E-state index is 11.8. The van der Waals surface area contributed by atoms with Crippen LogP contribution in [0, 0.1) is 6.92 Å². The van der Waals surface area contributed by atoms with Crippen molar-refractivity contribution in [1.82, 2.24) is 10.6 Å². The molecule has 2 N–H and O–H groups in total. The highest BCUT2D eigenvalue weighted by Crippen LogP contribution is 2.05. The van der Waals surface area contributed by atoms with Crippen molar-refractivity contribution in [3.63, 3.8) is 0 Å². The largest absolute Gasteiger partial charge is 0.383 e. The molecule has 4 nitrogen and oxygen atoms in total. The highest BCUT2D eigenvalue weighted by Gasteiger charge is 2.06. The van der Waals surface area contributed by atoms with Gasteiger partial charge in [0.1, 0.15) is 0 Å². The number of carbonyl (C=O) groups excluding carboxylic acids is 1. The number of aryl methyl sites for hydroxylation is 1. The van der Waals surface area contributed by atoms with Gasteiger partial charge < -0.3 is 15.4 Å². The molecule has 94 valence electrons. The summed E-state index contributed by atoms with van der Waals surface area (Å²) in [6.45, 7) is 4.80. The summed E-state index contributed by atoms with van der Waals surface area (Å²) in [5.74, 6) is -0.0170. The van der Waals surface area contributed by atoms with E-state index in [4.69, 9.17) is 4.74 Å². The number of amides is 1. The van der Waals surface area contributed by atoms with Crippen molar-refractivity contribution < 1.29 is 9.53 Å². The second-order valence-electron chi connectivity index (χ2n) is 3.81. The molecule has 0 aliphatic heterocycles. The molecule has 0 aliphatic carbocycles. The van der Waals surface area contributed by atoms with Gasteiger partial charge in [-0.3, -0.25) is 4.79 Å². The number of hydrogen-bond acceptors (Lipinski definition) is 3. The molecule has 0 fully saturated rings. The van der Waals surface area contributed by atoms with Crippen LogP contribution >= 0.6 is 0 Å². The van der Waals surface area contributed by atoms with E-state index in [-0.39, 0.29) is 5.91 Å². The normalized spacial score (nSPS) is 10.2. The summed E-state index contributed by atoms with van der Waals surface area (Å²) in [5, 5.41) is 6.04. The third kappa shape index (κ3) is 4.97. The SMILES string of the molecule is COCCNCCNC(=O)c1ccccc1C. The van der Waals surface area contributed by atoms with Gasteiger partial charge in [0, 0.05) is 32.3 Å². The zero-order valence-corrected chi connectivity index (χ0v) is 10.5. The predicted molar refractivity (Wildman–Crippen MR) is 68.3 cm³/mol. The molecular weight excluding hydrogens is 216 g/mol. The lowest BCUT2D eigenvalue weighted by atomic mass is 10.1. The Bertz CT molecular complexity index is 353. The molecule has 1 rings (SSSR count). The molecule has 0 saturated heterocycles. The standard InChI is InChI=1S/C13H20N2O2/c1-11-5-3-4-6-12(11)13(16)15-8-7-14-9-10-17-2/h3-6,14H,7-10H2,1-2H3,(H,15,16). The Morgan fingerprint density at radius 3 is 2.71 bits per heavy atom. The minimum absolute atomic E-state index is 0.0170. The third-order valence-corrected chi connectivity index (χ3v) is 2.46. The lowest BCUT2D eigenvalue weighted by Gasteiger charge is -2.08. The molecule has 17 heavy (non-hydrogen) atoms. The summed E-state index contributed by atoms with van der Waals surface area (Å²) in [7, 11) is 1.67. The van der Waals surface area contributed by atoms with Crippen molar-refractivity contribution in [2.24, 2.45) is 0 Å². The Morgan fingerprint density at radius 2 is 2.00 bits per heavy atom. The van der Waals surface area contributed by atoms with Gasteiger partial charge in [-0.15, -0.1) is 0 Å². The molecule has 0 aliphatic rings. The monoisotopic (exact) mass is 236 g/mol. The first-order valence-electron chi connectivity index (χ1n) is 5.79. The molecule has 1 amide bonds. The zero-order chi connectivity index (χ0) is 12.5. The Hall–Kier alpha value is -1.39. The van der Waals surface area contributed by atoms with E-state index in [1.54, 1.807) is 7.11 Å². The van der Waals surface area contributed by atoms with E-state index < -0.39 is 0 Å². The van der Waals surface area contributed by atoms with E-state index in [0.29, 0.717) is 13.2 Å². The van der Waals surface area contributed by atoms with Crippen molar-refractivity contribution >= 4 is 5.91 Å². The van der Waals surface area contributed by atoms with E-state index in [0.717, 1.165) is 24.2 Å². The molecule has 0 unspecified atom stereocenters. The quantitative estimate of drug-likeness (QED) is 0.693. The number of rotatable bonds is 7. The topological polar surface area (TPSA) is 50.4 Å². The zero-order valence-electron chi connectivity index (χ0n) is 10.5. The number of methoxy groups -OCH3 is 1. The van der Waals surface area contributed by atoms with Gasteiger partial charge in [0.2, 0.25) is 0 Å². The van der Waals surface area contributed by atoms with Gasteiger partial charge in [0.15, 0.2) is 0 Å². The van der Waals surface area contributed by atoms with E-state index in [1.807, 2.05) is 31.2 Å². The molecule has 4 heteroatoms. The van der Waals surface area contributed by atoms with E-state index in [9.17, 15) is 4.79 Å². The molecule has 0 spiro atoms. The summed E-state index contributed by atoms with van der Waals surface area (Å²) in [5.41, 5.74) is 1.74. The van der Waals surface area contributed by atoms with Crippen molar-refractivity contribution in [3.8, 4) is 0 Å². The third-order valence-electron chi connectivity index (χ3n) is 2.46. The maximum Gasteiger partial charge on any atom is 0.251 e. The van der Waals surface area contributed by atoms with Gasteiger partial charge in [0.25, 0.3) is 5.91 Å². The van der Waals surface area contributed by atoms with Gasteiger partial charge in [-0.25, -0.2) is 0 Å². The van der Waals surface area contributed by atoms with Crippen LogP contribution in [0.5, 0.6) is 0 Å². The van der Waals surface area contributed by atoms with Gasteiger partial charge in [0.05, 0.1) is 6.61 Å². The number of ether oxygens (including phenoxy) is 1. The van der Waals surface area contributed by atoms with Crippen molar-refractivity contribution in [2.75, 3.05) is 33.4 Å². The van der Waals surface area contributed by atoms with Crippen LogP contribution < -0.4 is 10.6 Å². The second-order valence-corrected chi connectivity index (χ2v) is 3.81. The summed E-state index contributed by atoms with van der Waals surface area (Å²) < 4.78 is 4.90. The molecule has 1 aromatic carbocycles. The summed E-state index contributed by atoms with van der Waals surface area (Å²) >= 11 is 0. The molecule has 0 saturated carbocycles. The smallest absolute Gasteiger partial charge is 0.251 e. The molecule has 0 bridgehead atoms. The summed E-state index contributed by atoms with van der Waals surface area (Å²) in [6, 6.07) is 7.58. The molecule has 1 aromatic rings. The second kappa shape index (κ2) is 7.81. The summed E-state index contributed by atoms with van der Waals surface area (Å²) in [6.07, 6.45) is 0. The Kier molecular flexibility index (Phi) is 6.29. The van der Waals surface area contributed by atoms with Crippen LogP contribution in [0.2, 0.25) is 0 Å². The first-order chi connectivity index (χ1) is 8.25. The van der Waals surface area contributed by atoms with E-state index in [2.05, 4.69) is 10.6 Å². The molecule has 0 heterocycles. The predicted octanol–water partition coefficient (Wildman–Crippen LogP) is 0.961. The van der Waals surface area contributed by atoms with Gasteiger partial charge in [-0.2, -0.15) is 0 Å². The fourth-order valence-electron chi connectivity index (χ4n) is 1.49. The van der Waals surface area contributed by atoms with E-state index in [1.165, 1.54) is 0 Å². The van der Waals surface area contributed by atoms with Crippen molar-refractivity contribution in [3.05, 3.63) is 35.4 Å². The fourth-order valence-corrected chi connectivity index (χ4v) is 1.49. The number of benzene rings is 1. The first kappa shape index (κ1) is 13.7. The Morgan fingerprint density at radius 1 is 1.24 bits per heavy atom. The molecule has 0 radical (unpaired) electrons. The summed E-state index contributed by atoms with van der Waals surface area (Å²) in [4.78, 5) is 11.8. The van der Waals surface area contributed by atoms with Crippen LogP contribution in [-0.4, -0.2) is 39.3 Å². The fraction of sp³-hybridized carbons (Fsp3) is 0.462.